The second-order valence-corrected chi connectivity index (χ2v) is 22.0. The van der Waals surface area contributed by atoms with E-state index in [1.54, 1.807) is 39.3 Å². The van der Waals surface area contributed by atoms with E-state index in [4.69, 9.17) is 25.3 Å². The van der Waals surface area contributed by atoms with Crippen molar-refractivity contribution in [3.05, 3.63) is 0 Å². The molecule has 0 amide bonds. The van der Waals surface area contributed by atoms with Crippen molar-refractivity contribution in [2.45, 2.75) is 155 Å². The van der Waals surface area contributed by atoms with Crippen molar-refractivity contribution in [3.63, 3.8) is 0 Å². The fraction of sp³-hybridized carbons (Fsp3) is 0.966. The SMILES string of the molecule is [2H]C([2H])([2H])C(CCCC(CCCC(O[Si](C)(C)C)(C([2H])([2H])[2H])C([2H])([2H])[2H])[C@H]1CC[C@H]2C(=O)CCC[C@]12C)(O[Si](C)(C)C)C([2H])([2H])[2H]. The van der Waals surface area contributed by atoms with Crippen molar-refractivity contribution >= 4 is 22.4 Å². The van der Waals surface area contributed by atoms with Gasteiger partial charge in [0, 0.05) is 28.8 Å². The van der Waals surface area contributed by atoms with Crippen LogP contribution < -0.4 is 0 Å². The van der Waals surface area contributed by atoms with Gasteiger partial charge in [-0.15, -0.1) is 0 Å². The molecule has 0 aromatic carbocycles. The van der Waals surface area contributed by atoms with Crippen LogP contribution in [0.5, 0.6) is 0 Å². The molecule has 0 bridgehead atoms. The molecular weight excluding hydrogens is 452 g/mol. The minimum absolute atomic E-state index is 0.0717. The van der Waals surface area contributed by atoms with E-state index in [1.807, 2.05) is 0 Å². The number of ketones is 1. The van der Waals surface area contributed by atoms with E-state index in [0.29, 0.717) is 19.3 Å². The minimum Gasteiger partial charge on any atom is -0.413 e. The number of carbonyl (C=O) groups is 1. The maximum absolute atomic E-state index is 13.0. The van der Waals surface area contributed by atoms with Crippen LogP contribution in [0, 0.1) is 23.2 Å². The van der Waals surface area contributed by atoms with Gasteiger partial charge >= 0.3 is 0 Å². The first-order valence-electron chi connectivity index (χ1n) is 19.3. The maximum Gasteiger partial charge on any atom is 0.184 e. The highest BCUT2D eigenvalue weighted by molar-refractivity contribution is 6.70. The van der Waals surface area contributed by atoms with Crippen molar-refractivity contribution in [2.75, 3.05) is 0 Å². The standard InChI is InChI=1S/C29H58O3Si2/c1-27(2,31-33(6,7)8)20-12-15-23(16-13-21-28(3,4)32-34(9,10)11)24-18-19-25-26(30)17-14-22-29(24,25)5/h23-25H,12-22H2,1-11H3/t24-,25+,29-/m1/s1/i1D3,2D3,3D3,4D3. The topological polar surface area (TPSA) is 35.5 Å². The summed E-state index contributed by atoms with van der Waals surface area (Å²) in [6.45, 7) is 1.16. The summed E-state index contributed by atoms with van der Waals surface area (Å²) in [4.78, 5) is 13.0. The molecule has 0 aliphatic heterocycles. The van der Waals surface area contributed by atoms with Gasteiger partial charge < -0.3 is 8.85 Å². The lowest BCUT2D eigenvalue weighted by molar-refractivity contribution is -0.130. The number of hydrogen-bond donors (Lipinski definition) is 0. The lowest BCUT2D eigenvalue weighted by Gasteiger charge is -2.43. The average Bonchev–Trinajstić information content (AvgIpc) is 3.15. The van der Waals surface area contributed by atoms with E-state index in [2.05, 4.69) is 6.92 Å². The Kier molecular flexibility index (Phi) is 5.52. The van der Waals surface area contributed by atoms with Crippen LogP contribution in [0.15, 0.2) is 0 Å². The molecule has 2 fully saturated rings. The van der Waals surface area contributed by atoms with Gasteiger partial charge in [0.15, 0.2) is 16.6 Å². The summed E-state index contributed by atoms with van der Waals surface area (Å²) >= 11 is 0. The molecule has 3 atom stereocenters. The minimum atomic E-state index is -2.90. The molecule has 5 heteroatoms. The smallest absolute Gasteiger partial charge is 0.184 e. The van der Waals surface area contributed by atoms with Crippen LogP contribution in [0.4, 0.5) is 0 Å². The summed E-state index contributed by atoms with van der Waals surface area (Å²) in [5.41, 5.74) is -4.94. The second-order valence-electron chi connectivity index (χ2n) is 13.2. The van der Waals surface area contributed by atoms with Crippen molar-refractivity contribution in [1.82, 2.24) is 0 Å². The molecule has 3 nitrogen and oxygen atoms in total. The summed E-state index contributed by atoms with van der Waals surface area (Å²) in [7, 11) is -5.26. The van der Waals surface area contributed by atoms with Gasteiger partial charge in [-0.05, 0) is 122 Å². The molecule has 0 N–H and O–H groups in total. The second kappa shape index (κ2) is 11.2. The van der Waals surface area contributed by atoms with Crippen LogP contribution in [-0.2, 0) is 13.6 Å². The van der Waals surface area contributed by atoms with E-state index in [-0.39, 0.29) is 54.6 Å². The van der Waals surface area contributed by atoms with Crippen LogP contribution in [-0.4, -0.2) is 33.6 Å². The molecule has 0 radical (unpaired) electrons. The lowest BCUT2D eigenvalue weighted by Crippen LogP contribution is -2.40. The molecule has 2 rings (SSSR count). The molecule has 2 aliphatic rings. The van der Waals surface area contributed by atoms with Crippen LogP contribution in [0.2, 0.25) is 39.3 Å². The zero-order valence-electron chi connectivity index (χ0n) is 34.7. The van der Waals surface area contributed by atoms with E-state index in [1.165, 1.54) is 0 Å². The monoisotopic (exact) mass is 522 g/mol. The molecule has 200 valence electrons. The molecule has 0 saturated heterocycles. The van der Waals surface area contributed by atoms with E-state index in [9.17, 15) is 4.79 Å². The van der Waals surface area contributed by atoms with Gasteiger partial charge in [-0.1, -0.05) is 32.6 Å². The summed E-state index contributed by atoms with van der Waals surface area (Å²) in [5.74, 6) is 0.153. The molecule has 0 aromatic heterocycles. The average molecular weight is 523 g/mol. The molecule has 0 heterocycles. The Bertz CT molecular complexity index is 955. The van der Waals surface area contributed by atoms with Gasteiger partial charge in [0.2, 0.25) is 0 Å². The Morgan fingerprint density at radius 3 is 1.88 bits per heavy atom. The zero-order chi connectivity index (χ0) is 36.0. The van der Waals surface area contributed by atoms with Gasteiger partial charge in [0.05, 0.1) is 11.2 Å². The predicted octanol–water partition coefficient (Wildman–Crippen LogP) is 8.99. The summed E-state index contributed by atoms with van der Waals surface area (Å²) in [6.07, 6.45) is 4.70. The Labute approximate surface area is 231 Å². The molecule has 34 heavy (non-hydrogen) atoms. The number of fused-ring (bicyclic) bond motifs is 1. The van der Waals surface area contributed by atoms with Gasteiger partial charge in [-0.25, -0.2) is 0 Å². The third-order valence-electron chi connectivity index (χ3n) is 7.67. The molecular formula is C29H58O3Si2. The van der Waals surface area contributed by atoms with Crippen LogP contribution in [0.1, 0.15) is 121 Å². The van der Waals surface area contributed by atoms with Gasteiger partial charge in [-0.2, -0.15) is 0 Å². The lowest BCUT2D eigenvalue weighted by atomic mass is 9.61. The number of rotatable bonds is 13. The largest absolute Gasteiger partial charge is 0.413 e. The summed E-state index contributed by atoms with van der Waals surface area (Å²) in [6, 6.07) is 0. The Hall–Kier alpha value is 0.0238. The van der Waals surface area contributed by atoms with Gasteiger partial charge in [0.1, 0.15) is 5.78 Å². The highest BCUT2D eigenvalue weighted by atomic mass is 28.4. The van der Waals surface area contributed by atoms with E-state index < -0.39 is 55.2 Å². The maximum atomic E-state index is 13.0. The number of Topliss-reactive ketones (excluding diaryl/α,β-unsaturated/α-hetero) is 1. The quantitative estimate of drug-likeness (QED) is 0.226. The molecule has 0 unspecified atom stereocenters. The molecule has 0 aromatic rings. The van der Waals surface area contributed by atoms with Crippen molar-refractivity contribution < 1.29 is 30.1 Å². The normalized spacial score (nSPS) is 33.6. The summed E-state index contributed by atoms with van der Waals surface area (Å²) in [5, 5.41) is 0. The van der Waals surface area contributed by atoms with Crippen molar-refractivity contribution in [2.24, 2.45) is 23.2 Å². The van der Waals surface area contributed by atoms with Crippen LogP contribution >= 0.6 is 0 Å². The van der Waals surface area contributed by atoms with Crippen molar-refractivity contribution in [1.29, 1.82) is 0 Å². The zero-order valence-corrected chi connectivity index (χ0v) is 24.7. The van der Waals surface area contributed by atoms with Gasteiger partial charge in [-0.3, -0.25) is 4.79 Å². The fourth-order valence-electron chi connectivity index (χ4n) is 6.66. The van der Waals surface area contributed by atoms with Crippen LogP contribution in [0.25, 0.3) is 0 Å². The first-order chi connectivity index (χ1) is 20.3. The summed E-state index contributed by atoms with van der Waals surface area (Å²) < 4.78 is 112. The fourth-order valence-corrected chi connectivity index (χ4v) is 8.96. The Balaban J connectivity index is 2.48. The number of carbonyl (C=O) groups excluding carboxylic acids is 1. The third kappa shape index (κ3) is 9.15. The Morgan fingerprint density at radius 2 is 1.44 bits per heavy atom. The van der Waals surface area contributed by atoms with E-state index >= 15 is 0 Å². The van der Waals surface area contributed by atoms with Crippen molar-refractivity contribution in [3.8, 4) is 0 Å². The number of hydrogen-bond acceptors (Lipinski definition) is 3. The highest BCUT2D eigenvalue weighted by Gasteiger charge is 2.52. The molecule has 2 aliphatic carbocycles. The van der Waals surface area contributed by atoms with Crippen LogP contribution in [0.3, 0.4) is 0 Å². The molecule has 0 spiro atoms. The molecule has 2 saturated carbocycles. The Morgan fingerprint density at radius 1 is 0.941 bits per heavy atom. The third-order valence-corrected chi connectivity index (χ3v) is 9.60. The first kappa shape index (κ1) is 16.8. The highest BCUT2D eigenvalue weighted by Crippen LogP contribution is 2.58. The predicted molar refractivity (Wildman–Crippen MR) is 151 cm³/mol. The van der Waals surface area contributed by atoms with E-state index in [0.717, 1.165) is 25.7 Å². The van der Waals surface area contributed by atoms with Gasteiger partial charge in [0.25, 0.3) is 0 Å². The first-order valence-corrected chi connectivity index (χ1v) is 20.1.